The van der Waals surface area contributed by atoms with Gasteiger partial charge in [0, 0.05) is 50.8 Å². The van der Waals surface area contributed by atoms with Crippen LogP contribution in [0.1, 0.15) is 66.8 Å². The summed E-state index contributed by atoms with van der Waals surface area (Å²) < 4.78 is 8.79. The summed E-state index contributed by atoms with van der Waals surface area (Å²) in [6.07, 6.45) is 17.6. The van der Waals surface area contributed by atoms with Crippen molar-refractivity contribution in [2.24, 2.45) is 5.92 Å². The summed E-state index contributed by atoms with van der Waals surface area (Å²) in [6, 6.07) is 48.3. The van der Waals surface area contributed by atoms with Gasteiger partial charge in [0.15, 0.2) is 11.6 Å². The molecule has 0 saturated heterocycles. The smallest absolute Gasteiger partial charge is 0.238 e. The van der Waals surface area contributed by atoms with Crippen LogP contribution in [0.3, 0.4) is 0 Å². The number of allylic oxidation sites excluding steroid dienone is 6. The first kappa shape index (κ1) is 37.0. The van der Waals surface area contributed by atoms with Crippen molar-refractivity contribution in [2.45, 2.75) is 44.9 Å². The Morgan fingerprint density at radius 1 is 0.625 bits per heavy atom. The van der Waals surface area contributed by atoms with Crippen LogP contribution in [0.25, 0.3) is 96.1 Å². The molecular formula is C59H44N4O. The van der Waals surface area contributed by atoms with Gasteiger partial charge in [0.2, 0.25) is 5.95 Å². The van der Waals surface area contributed by atoms with Crippen LogP contribution in [-0.2, 0) is 11.8 Å². The van der Waals surface area contributed by atoms with Crippen LogP contribution in [0.4, 0.5) is 0 Å². The molecule has 306 valence electrons. The van der Waals surface area contributed by atoms with Crippen LogP contribution in [0.15, 0.2) is 174 Å². The van der Waals surface area contributed by atoms with E-state index in [1.165, 1.54) is 55.5 Å². The summed E-state index contributed by atoms with van der Waals surface area (Å²) in [4.78, 5) is 16.0. The van der Waals surface area contributed by atoms with Crippen molar-refractivity contribution in [1.29, 1.82) is 0 Å². The van der Waals surface area contributed by atoms with Crippen LogP contribution < -0.4 is 0 Å². The van der Waals surface area contributed by atoms with Gasteiger partial charge in [0.25, 0.3) is 0 Å². The Labute approximate surface area is 372 Å². The number of aryl methyl sites for hydroxylation is 1. The van der Waals surface area contributed by atoms with Gasteiger partial charge in [-0.15, -0.1) is 0 Å². The molecule has 3 heterocycles. The maximum atomic E-state index is 6.47. The molecule has 4 aliphatic rings. The molecule has 0 bridgehead atoms. The molecule has 0 radical (unpaired) electrons. The third kappa shape index (κ3) is 5.53. The number of furan rings is 1. The quantitative estimate of drug-likeness (QED) is 0.173. The monoisotopic (exact) mass is 824 g/mol. The molecule has 0 aliphatic heterocycles. The van der Waals surface area contributed by atoms with Crippen LogP contribution in [0.2, 0.25) is 0 Å². The molecule has 0 fully saturated rings. The van der Waals surface area contributed by atoms with E-state index in [9.17, 15) is 0 Å². The van der Waals surface area contributed by atoms with Crippen molar-refractivity contribution in [3.05, 3.63) is 203 Å². The molecular weight excluding hydrogens is 781 g/mol. The fraction of sp³-hybridized carbons (Fsp3) is 0.136. The van der Waals surface area contributed by atoms with Gasteiger partial charge in [-0.3, -0.25) is 4.57 Å². The molecule has 9 aromatic rings. The molecule has 0 N–H and O–H groups in total. The summed E-state index contributed by atoms with van der Waals surface area (Å²) in [5.74, 6) is 3.33. The van der Waals surface area contributed by atoms with Crippen LogP contribution >= 0.6 is 0 Å². The van der Waals surface area contributed by atoms with Crippen LogP contribution in [0.5, 0.6) is 0 Å². The minimum atomic E-state index is -0.0831. The maximum Gasteiger partial charge on any atom is 0.238 e. The number of aromatic nitrogens is 4. The Morgan fingerprint density at radius 2 is 1.38 bits per heavy atom. The van der Waals surface area contributed by atoms with Gasteiger partial charge in [-0.05, 0) is 92.8 Å². The van der Waals surface area contributed by atoms with Gasteiger partial charge in [-0.25, -0.2) is 4.98 Å². The zero-order valence-electron chi connectivity index (χ0n) is 36.0. The first-order valence-electron chi connectivity index (χ1n) is 22.5. The number of hydrogen-bond donors (Lipinski definition) is 0. The number of benzene rings is 6. The molecule has 5 heteroatoms. The third-order valence-electron chi connectivity index (χ3n) is 14.3. The first-order chi connectivity index (χ1) is 31.4. The summed E-state index contributed by atoms with van der Waals surface area (Å²) in [5.41, 5.74) is 18.6. The molecule has 5 nitrogen and oxygen atoms in total. The predicted octanol–water partition coefficient (Wildman–Crippen LogP) is 14.7. The van der Waals surface area contributed by atoms with Crippen LogP contribution in [0, 0.1) is 5.92 Å². The number of nitrogens with zero attached hydrogens (tertiary/aromatic N) is 4. The Hall–Kier alpha value is -7.63. The van der Waals surface area contributed by atoms with Gasteiger partial charge in [-0.1, -0.05) is 166 Å². The van der Waals surface area contributed by atoms with E-state index < -0.39 is 0 Å². The second-order valence-electron chi connectivity index (χ2n) is 18.3. The lowest BCUT2D eigenvalue weighted by molar-refractivity contribution is 0.546. The lowest BCUT2D eigenvalue weighted by Gasteiger charge is -2.29. The van der Waals surface area contributed by atoms with Crippen molar-refractivity contribution in [1.82, 2.24) is 19.5 Å². The highest BCUT2D eigenvalue weighted by Crippen LogP contribution is 2.51. The van der Waals surface area contributed by atoms with E-state index in [-0.39, 0.29) is 17.3 Å². The van der Waals surface area contributed by atoms with Crippen molar-refractivity contribution < 1.29 is 4.42 Å². The third-order valence-corrected chi connectivity index (χ3v) is 14.3. The highest BCUT2D eigenvalue weighted by Gasteiger charge is 2.36. The highest BCUT2D eigenvalue weighted by atomic mass is 16.3. The average molecular weight is 825 g/mol. The summed E-state index contributed by atoms with van der Waals surface area (Å²) >= 11 is 0. The molecule has 3 aromatic heterocycles. The topological polar surface area (TPSA) is 56.7 Å². The summed E-state index contributed by atoms with van der Waals surface area (Å²) in [6.45, 7) is 7.07. The number of fused-ring (bicyclic) bond motifs is 10. The Morgan fingerprint density at radius 3 is 2.28 bits per heavy atom. The van der Waals surface area contributed by atoms with Gasteiger partial charge < -0.3 is 4.42 Å². The fourth-order valence-corrected chi connectivity index (χ4v) is 11.1. The molecule has 6 aromatic carbocycles. The van der Waals surface area contributed by atoms with Crippen molar-refractivity contribution in [2.75, 3.05) is 0 Å². The fourth-order valence-electron chi connectivity index (χ4n) is 11.1. The second-order valence-corrected chi connectivity index (χ2v) is 18.3. The first-order valence-corrected chi connectivity index (χ1v) is 22.5. The van der Waals surface area contributed by atoms with Gasteiger partial charge >= 0.3 is 0 Å². The Kier molecular flexibility index (Phi) is 8.05. The predicted molar refractivity (Wildman–Crippen MR) is 261 cm³/mol. The van der Waals surface area contributed by atoms with Gasteiger partial charge in [0.05, 0.1) is 11.2 Å². The van der Waals surface area contributed by atoms with Crippen molar-refractivity contribution >= 4 is 34.0 Å². The van der Waals surface area contributed by atoms with Gasteiger partial charge in [0.1, 0.15) is 11.3 Å². The van der Waals surface area contributed by atoms with Gasteiger partial charge in [-0.2, -0.15) is 9.97 Å². The molecule has 0 saturated carbocycles. The van der Waals surface area contributed by atoms with E-state index in [0.29, 0.717) is 17.6 Å². The summed E-state index contributed by atoms with van der Waals surface area (Å²) in [7, 11) is 0. The van der Waals surface area contributed by atoms with E-state index in [2.05, 4.69) is 183 Å². The SMILES string of the molecule is C[C@H]1c2c(n(-c3nc(-c4ccccc4)nc(-c4ccc5c6c(oc5c4)CCC=C6)n3)c3c(-c4cccc(-c5ccc6c(c5)C(C)(C)c5ccccc5-6)c4)cccc23)C=C2C=CC=CC21. The van der Waals surface area contributed by atoms with E-state index >= 15 is 0 Å². The molecule has 2 atom stereocenters. The lowest BCUT2D eigenvalue weighted by Crippen LogP contribution is -2.17. The number of hydrogen-bond acceptors (Lipinski definition) is 4. The number of rotatable bonds is 5. The van der Waals surface area contributed by atoms with E-state index in [1.807, 2.05) is 18.2 Å². The maximum absolute atomic E-state index is 6.47. The van der Waals surface area contributed by atoms with E-state index in [1.54, 1.807) is 0 Å². The minimum absolute atomic E-state index is 0.0831. The van der Waals surface area contributed by atoms with E-state index in [0.717, 1.165) is 63.0 Å². The molecule has 0 amide bonds. The van der Waals surface area contributed by atoms with Crippen LogP contribution in [-0.4, -0.2) is 19.5 Å². The largest absolute Gasteiger partial charge is 0.460 e. The molecule has 64 heavy (non-hydrogen) atoms. The second kappa shape index (κ2) is 13.9. The zero-order chi connectivity index (χ0) is 42.7. The lowest BCUT2D eigenvalue weighted by atomic mass is 9.75. The standard InChI is InChI=1S/C59H44N4O/c1-35-42-20-8-7-17-40(42)33-51-54(35)48-24-14-23-43(39-19-13-18-37(31-39)38-27-29-45-44-21-9-11-25-49(44)59(2,3)50(45)32-38)55(48)63(51)58-61-56(36-15-5-4-6-16-36)60-57(62-58)41-28-30-47-46-22-10-12-26-52(46)64-53(47)34-41/h4-11,13-25,27-35,42H,12,26H2,1-3H3/t35-,42?/m1/s1. The molecule has 4 aliphatic carbocycles. The normalized spacial score (nSPS) is 17.5. The number of para-hydroxylation sites is 1. The van der Waals surface area contributed by atoms with E-state index in [4.69, 9.17) is 19.4 Å². The Bertz CT molecular complexity index is 3560. The highest BCUT2D eigenvalue weighted by molar-refractivity contribution is 6.02. The average Bonchev–Trinajstić information content (AvgIpc) is 3.96. The minimum Gasteiger partial charge on any atom is -0.460 e. The molecule has 0 spiro atoms. The molecule has 1 unspecified atom stereocenters. The Balaban J connectivity index is 1.03. The summed E-state index contributed by atoms with van der Waals surface area (Å²) in [5, 5.41) is 2.32. The zero-order valence-corrected chi connectivity index (χ0v) is 36.0. The van der Waals surface area contributed by atoms with Crippen molar-refractivity contribution in [3.8, 4) is 62.1 Å². The molecule has 13 rings (SSSR count). The van der Waals surface area contributed by atoms with Crippen molar-refractivity contribution in [3.63, 3.8) is 0 Å².